The molecule has 0 aromatic heterocycles. The molecule has 0 bridgehead atoms. The molecule has 0 radical (unpaired) electrons. The molecule has 0 spiro atoms. The molecule has 2 rings (SSSR count). The van der Waals surface area contributed by atoms with Gasteiger partial charge in [-0.2, -0.15) is 0 Å². The Balaban J connectivity index is 2.62. The number of amides is 1. The molecule has 0 unspecified atom stereocenters. The maximum absolute atomic E-state index is 13.0. The van der Waals surface area contributed by atoms with Crippen LogP contribution in [0.25, 0.3) is 0 Å². The third-order valence-electron chi connectivity index (χ3n) is 7.12. The van der Waals surface area contributed by atoms with E-state index in [1.807, 2.05) is 0 Å². The third-order valence-corrected chi connectivity index (χ3v) is 11.6. The highest BCUT2D eigenvalue weighted by atomic mass is 28.4. The number of carbonyl (C=O) groups is 2. The van der Waals surface area contributed by atoms with Crippen molar-refractivity contribution < 1.29 is 47.5 Å². The fourth-order valence-electron chi connectivity index (χ4n) is 4.28. The zero-order chi connectivity index (χ0) is 27.5. The van der Waals surface area contributed by atoms with E-state index < -0.39 is 56.3 Å². The second-order valence-electron chi connectivity index (χ2n) is 11.3. The lowest BCUT2D eigenvalue weighted by Crippen LogP contribution is -2.70. The molecule has 0 aromatic carbocycles. The summed E-state index contributed by atoms with van der Waals surface area (Å²) < 4.78 is 41.7. The van der Waals surface area contributed by atoms with Gasteiger partial charge in [0, 0.05) is 20.5 Å². The third kappa shape index (κ3) is 7.04. The van der Waals surface area contributed by atoms with Crippen LogP contribution in [0.2, 0.25) is 18.1 Å². The number of ether oxygens (including phenoxy) is 6. The molecular weight excluding hydrogens is 490 g/mol. The van der Waals surface area contributed by atoms with Crippen LogP contribution in [0.3, 0.4) is 0 Å². The molecular formula is C24H45NO10Si. The van der Waals surface area contributed by atoms with E-state index in [1.54, 1.807) is 13.8 Å². The topological polar surface area (TPSA) is 131 Å². The first-order chi connectivity index (χ1) is 16.5. The Hall–Kier alpha value is -1.12. The molecule has 11 nitrogen and oxygen atoms in total. The van der Waals surface area contributed by atoms with Gasteiger partial charge in [-0.15, -0.1) is 0 Å². The SMILES string of the molecule is COC(=O)[C@]1(OC)C[C@H](O[Si](C)(C)C(C)(C)C)[C@@H](NC(C)=O)[C@H]([C@H](OCCO)[C@H]2COC(C)(C)O2)O1. The maximum atomic E-state index is 13.0. The van der Waals surface area contributed by atoms with Gasteiger partial charge in [0.15, 0.2) is 14.1 Å². The van der Waals surface area contributed by atoms with Gasteiger partial charge in [0.1, 0.15) is 18.3 Å². The number of hydrogen-bond acceptors (Lipinski definition) is 10. The Morgan fingerprint density at radius 2 is 1.83 bits per heavy atom. The Morgan fingerprint density at radius 3 is 2.28 bits per heavy atom. The van der Waals surface area contributed by atoms with Gasteiger partial charge < -0.3 is 43.3 Å². The lowest BCUT2D eigenvalue weighted by atomic mass is 9.88. The van der Waals surface area contributed by atoms with Gasteiger partial charge >= 0.3 is 5.97 Å². The minimum atomic E-state index is -2.40. The van der Waals surface area contributed by atoms with Crippen molar-refractivity contribution in [2.75, 3.05) is 34.0 Å². The molecule has 12 heteroatoms. The van der Waals surface area contributed by atoms with E-state index in [-0.39, 0.29) is 37.2 Å². The predicted molar refractivity (Wildman–Crippen MR) is 133 cm³/mol. The highest BCUT2D eigenvalue weighted by Gasteiger charge is 2.59. The van der Waals surface area contributed by atoms with Crippen LogP contribution < -0.4 is 5.32 Å². The van der Waals surface area contributed by atoms with Gasteiger partial charge in [-0.3, -0.25) is 4.79 Å². The van der Waals surface area contributed by atoms with Gasteiger partial charge in [-0.25, -0.2) is 4.79 Å². The molecule has 2 aliphatic rings. The summed E-state index contributed by atoms with van der Waals surface area (Å²) in [6.45, 7) is 15.4. The minimum absolute atomic E-state index is 0.00956. The van der Waals surface area contributed by atoms with E-state index in [4.69, 9.17) is 32.8 Å². The van der Waals surface area contributed by atoms with E-state index in [2.05, 4.69) is 39.2 Å². The number of rotatable bonds is 10. The van der Waals surface area contributed by atoms with Crippen molar-refractivity contribution in [2.24, 2.45) is 0 Å². The van der Waals surface area contributed by atoms with Crippen LogP contribution in [0.15, 0.2) is 0 Å². The van der Waals surface area contributed by atoms with Crippen molar-refractivity contribution in [3.63, 3.8) is 0 Å². The molecule has 2 fully saturated rings. The molecule has 36 heavy (non-hydrogen) atoms. The summed E-state index contributed by atoms with van der Waals surface area (Å²) in [6.07, 6.45) is -3.12. The summed E-state index contributed by atoms with van der Waals surface area (Å²) in [6, 6.07) is -0.722. The number of carbonyl (C=O) groups excluding carboxylic acids is 2. The molecule has 2 saturated heterocycles. The van der Waals surface area contributed by atoms with Crippen molar-refractivity contribution in [1.29, 1.82) is 0 Å². The van der Waals surface area contributed by atoms with E-state index >= 15 is 0 Å². The fourth-order valence-corrected chi connectivity index (χ4v) is 5.62. The van der Waals surface area contributed by atoms with Gasteiger partial charge in [-0.1, -0.05) is 20.8 Å². The summed E-state index contributed by atoms with van der Waals surface area (Å²) in [7, 11) is 0.209. The molecule has 2 aliphatic heterocycles. The second kappa shape index (κ2) is 11.7. The number of esters is 1. The lowest BCUT2D eigenvalue weighted by Gasteiger charge is -2.51. The quantitative estimate of drug-likeness (QED) is 0.315. The first-order valence-corrected chi connectivity index (χ1v) is 15.2. The van der Waals surface area contributed by atoms with Crippen LogP contribution in [0.1, 0.15) is 48.0 Å². The maximum Gasteiger partial charge on any atom is 0.366 e. The summed E-state index contributed by atoms with van der Waals surface area (Å²) >= 11 is 0. The molecule has 0 aliphatic carbocycles. The highest BCUT2D eigenvalue weighted by Crippen LogP contribution is 2.43. The van der Waals surface area contributed by atoms with Crippen LogP contribution in [-0.4, -0.2) is 101 Å². The van der Waals surface area contributed by atoms with E-state index in [1.165, 1.54) is 21.1 Å². The molecule has 0 aromatic rings. The highest BCUT2D eigenvalue weighted by molar-refractivity contribution is 6.74. The smallest absolute Gasteiger partial charge is 0.366 e. The van der Waals surface area contributed by atoms with Gasteiger partial charge in [-0.05, 0) is 32.0 Å². The van der Waals surface area contributed by atoms with Gasteiger partial charge in [0.05, 0.1) is 39.1 Å². The van der Waals surface area contributed by atoms with Gasteiger partial charge in [0.2, 0.25) is 5.91 Å². The minimum Gasteiger partial charge on any atom is -0.465 e. The predicted octanol–water partition coefficient (Wildman–Crippen LogP) is 1.72. The van der Waals surface area contributed by atoms with Crippen molar-refractivity contribution >= 4 is 20.2 Å². The Kier molecular flexibility index (Phi) is 10.1. The largest absolute Gasteiger partial charge is 0.465 e. The second-order valence-corrected chi connectivity index (χ2v) is 16.1. The molecule has 2 heterocycles. The fraction of sp³-hybridized carbons (Fsp3) is 0.917. The number of aliphatic hydroxyl groups is 1. The van der Waals surface area contributed by atoms with Gasteiger partial charge in [0.25, 0.3) is 5.79 Å². The molecule has 0 saturated carbocycles. The zero-order valence-electron chi connectivity index (χ0n) is 23.3. The standard InChI is InChI=1S/C24H45NO10Si/c1-15(27)25-18-16(35-36(9,10)22(2,3)4)13-24(30-8,21(28)29-7)34-20(18)19(31-12-11-26)17-14-32-23(5,6)33-17/h16-20,26H,11-14H2,1-10H3,(H,25,27)/t16-,17+,18+,19+,20+,24-/m0/s1. The number of nitrogens with one attached hydrogen (secondary N) is 1. The summed E-state index contributed by atoms with van der Waals surface area (Å²) in [5.74, 6) is -3.71. The molecule has 6 atom stereocenters. The first kappa shape index (κ1) is 31.1. The van der Waals surface area contributed by atoms with E-state index in [0.29, 0.717) is 0 Å². The number of methoxy groups -OCH3 is 2. The van der Waals surface area contributed by atoms with Crippen LogP contribution in [0.5, 0.6) is 0 Å². The van der Waals surface area contributed by atoms with Crippen LogP contribution in [0.4, 0.5) is 0 Å². The zero-order valence-corrected chi connectivity index (χ0v) is 24.3. The van der Waals surface area contributed by atoms with Crippen molar-refractivity contribution in [3.8, 4) is 0 Å². The number of aliphatic hydroxyl groups excluding tert-OH is 1. The molecule has 2 N–H and O–H groups in total. The first-order valence-electron chi connectivity index (χ1n) is 12.3. The van der Waals surface area contributed by atoms with Crippen LogP contribution in [-0.2, 0) is 42.4 Å². The van der Waals surface area contributed by atoms with Crippen LogP contribution >= 0.6 is 0 Å². The monoisotopic (exact) mass is 535 g/mol. The number of hydrogen-bond donors (Lipinski definition) is 2. The summed E-state index contributed by atoms with van der Waals surface area (Å²) in [5.41, 5.74) is 0. The Bertz CT molecular complexity index is 770. The Labute approximate surface area is 215 Å². The lowest BCUT2D eigenvalue weighted by molar-refractivity contribution is -0.308. The summed E-state index contributed by atoms with van der Waals surface area (Å²) in [5, 5.41) is 12.3. The van der Waals surface area contributed by atoms with E-state index in [9.17, 15) is 14.7 Å². The Morgan fingerprint density at radius 1 is 1.19 bits per heavy atom. The average Bonchev–Trinajstić information content (AvgIpc) is 3.13. The normalized spacial score (nSPS) is 31.6. The van der Waals surface area contributed by atoms with E-state index in [0.717, 1.165) is 0 Å². The summed E-state index contributed by atoms with van der Waals surface area (Å²) in [4.78, 5) is 25.4. The average molecular weight is 536 g/mol. The molecule has 1 amide bonds. The van der Waals surface area contributed by atoms with Crippen molar-refractivity contribution in [3.05, 3.63) is 0 Å². The van der Waals surface area contributed by atoms with Crippen LogP contribution in [0, 0.1) is 0 Å². The van der Waals surface area contributed by atoms with Crippen molar-refractivity contribution in [2.45, 2.75) is 108 Å². The van der Waals surface area contributed by atoms with Crippen molar-refractivity contribution in [1.82, 2.24) is 5.32 Å². The molecule has 210 valence electrons.